The standard InChI is InChI=1S/C15H14N3O6/c1-15(23-8-9-24-15)11-4-6-16(7-5-11)13-3-2-12(17(19)20)10-14(13)18(21)22/h2-7,10H,8-9H2,1H3/q+1. The van der Waals surface area contributed by atoms with Gasteiger partial charge in [-0.2, -0.15) is 4.57 Å². The summed E-state index contributed by atoms with van der Waals surface area (Å²) >= 11 is 0. The monoisotopic (exact) mass is 332 g/mol. The van der Waals surface area contributed by atoms with Gasteiger partial charge in [0, 0.05) is 29.8 Å². The summed E-state index contributed by atoms with van der Waals surface area (Å²) in [7, 11) is 0. The minimum atomic E-state index is -0.833. The Morgan fingerprint density at radius 3 is 2.21 bits per heavy atom. The first-order chi connectivity index (χ1) is 11.4. The van der Waals surface area contributed by atoms with E-state index in [0.717, 1.165) is 11.6 Å². The number of benzene rings is 1. The molecule has 124 valence electrons. The molecular formula is C15H14N3O6+. The van der Waals surface area contributed by atoms with E-state index in [-0.39, 0.29) is 17.1 Å². The van der Waals surface area contributed by atoms with Crippen LogP contribution in [0.5, 0.6) is 0 Å². The Balaban J connectivity index is 2.00. The van der Waals surface area contributed by atoms with Gasteiger partial charge in [0.15, 0.2) is 18.2 Å². The molecule has 0 radical (unpaired) electrons. The lowest BCUT2D eigenvalue weighted by Gasteiger charge is -2.21. The number of ether oxygens (including phenoxy) is 2. The van der Waals surface area contributed by atoms with Crippen LogP contribution in [0.25, 0.3) is 5.69 Å². The second kappa shape index (κ2) is 5.95. The van der Waals surface area contributed by atoms with Crippen LogP contribution >= 0.6 is 0 Å². The highest BCUT2D eigenvalue weighted by Crippen LogP contribution is 2.30. The summed E-state index contributed by atoms with van der Waals surface area (Å²) in [4.78, 5) is 20.7. The van der Waals surface area contributed by atoms with Crippen LogP contribution in [0.4, 0.5) is 11.4 Å². The van der Waals surface area contributed by atoms with Gasteiger partial charge >= 0.3 is 5.69 Å². The highest BCUT2D eigenvalue weighted by molar-refractivity contribution is 5.53. The van der Waals surface area contributed by atoms with Crippen LogP contribution in [0.2, 0.25) is 0 Å². The van der Waals surface area contributed by atoms with Gasteiger partial charge in [0.2, 0.25) is 0 Å². The molecule has 0 unspecified atom stereocenters. The normalized spacial score (nSPS) is 16.0. The maximum Gasteiger partial charge on any atom is 0.347 e. The van der Waals surface area contributed by atoms with E-state index >= 15 is 0 Å². The number of non-ortho nitro benzene ring substituents is 1. The molecule has 0 amide bonds. The molecule has 1 fully saturated rings. The van der Waals surface area contributed by atoms with E-state index in [1.165, 1.54) is 16.7 Å². The summed E-state index contributed by atoms with van der Waals surface area (Å²) < 4.78 is 12.6. The van der Waals surface area contributed by atoms with Crippen LogP contribution in [-0.2, 0) is 15.3 Å². The highest BCUT2D eigenvalue weighted by Gasteiger charge is 2.34. The first-order valence-corrected chi connectivity index (χ1v) is 7.14. The van der Waals surface area contributed by atoms with Gasteiger partial charge in [0.25, 0.3) is 11.4 Å². The molecule has 9 nitrogen and oxygen atoms in total. The summed E-state index contributed by atoms with van der Waals surface area (Å²) in [6.45, 7) is 2.80. The largest absolute Gasteiger partial charge is 0.347 e. The first kappa shape index (κ1) is 16.0. The van der Waals surface area contributed by atoms with Crippen molar-refractivity contribution >= 4 is 11.4 Å². The van der Waals surface area contributed by atoms with Crippen molar-refractivity contribution in [1.29, 1.82) is 0 Å². The Labute approximate surface area is 136 Å². The number of hydrogen-bond acceptors (Lipinski definition) is 6. The third-order valence-corrected chi connectivity index (χ3v) is 3.84. The SMILES string of the molecule is CC1(c2cc[n+](-c3ccc([N+](=O)[O-])cc3[N+](=O)[O-])cc2)OCCO1. The fourth-order valence-electron chi connectivity index (χ4n) is 2.56. The fraction of sp³-hybridized carbons (Fsp3) is 0.267. The van der Waals surface area contributed by atoms with Crippen molar-refractivity contribution in [3.05, 3.63) is 68.5 Å². The van der Waals surface area contributed by atoms with Gasteiger partial charge in [-0.15, -0.1) is 0 Å². The topological polar surface area (TPSA) is 109 Å². The van der Waals surface area contributed by atoms with E-state index in [4.69, 9.17) is 9.47 Å². The van der Waals surface area contributed by atoms with Crippen molar-refractivity contribution in [3.8, 4) is 5.69 Å². The molecule has 1 saturated heterocycles. The molecule has 1 aromatic carbocycles. The number of nitrogens with zero attached hydrogens (tertiary/aromatic N) is 3. The van der Waals surface area contributed by atoms with Crippen LogP contribution in [0.3, 0.4) is 0 Å². The number of hydrogen-bond donors (Lipinski definition) is 0. The quantitative estimate of drug-likeness (QED) is 0.481. The third kappa shape index (κ3) is 2.82. The molecule has 24 heavy (non-hydrogen) atoms. The lowest BCUT2D eigenvalue weighted by atomic mass is 10.1. The van der Waals surface area contributed by atoms with Crippen molar-refractivity contribution in [1.82, 2.24) is 0 Å². The summed E-state index contributed by atoms with van der Waals surface area (Å²) in [5.74, 6) is -0.833. The van der Waals surface area contributed by atoms with Crippen LogP contribution in [0.15, 0.2) is 42.7 Å². The second-order valence-corrected chi connectivity index (χ2v) is 5.32. The second-order valence-electron chi connectivity index (χ2n) is 5.32. The number of nitro benzene ring substituents is 2. The van der Waals surface area contributed by atoms with Crippen molar-refractivity contribution in [3.63, 3.8) is 0 Å². The molecule has 0 aliphatic carbocycles. The Hall–Kier alpha value is -2.91. The number of nitro groups is 2. The molecule has 0 bridgehead atoms. The van der Waals surface area contributed by atoms with Gasteiger partial charge in [0.05, 0.1) is 23.1 Å². The van der Waals surface area contributed by atoms with Gasteiger partial charge < -0.3 is 9.47 Å². The molecule has 1 aliphatic heterocycles. The fourth-order valence-corrected chi connectivity index (χ4v) is 2.56. The van der Waals surface area contributed by atoms with Crippen LogP contribution in [0, 0.1) is 20.2 Å². The average molecular weight is 332 g/mol. The average Bonchev–Trinajstić information content (AvgIpc) is 3.02. The molecule has 0 spiro atoms. The summed E-state index contributed by atoms with van der Waals surface area (Å²) in [6, 6.07) is 6.99. The molecule has 1 aromatic heterocycles. The van der Waals surface area contributed by atoms with Gasteiger partial charge in [-0.1, -0.05) is 0 Å². The third-order valence-electron chi connectivity index (χ3n) is 3.84. The lowest BCUT2D eigenvalue weighted by Crippen LogP contribution is -2.32. The van der Waals surface area contributed by atoms with E-state index in [0.29, 0.717) is 13.2 Å². The van der Waals surface area contributed by atoms with Crippen molar-refractivity contribution in [2.24, 2.45) is 0 Å². The van der Waals surface area contributed by atoms with Crippen LogP contribution in [0.1, 0.15) is 12.5 Å². The number of rotatable bonds is 4. The summed E-state index contributed by atoms with van der Waals surface area (Å²) in [6.07, 6.45) is 3.25. The highest BCUT2D eigenvalue weighted by atomic mass is 16.7. The predicted molar refractivity (Wildman–Crippen MR) is 80.5 cm³/mol. The predicted octanol–water partition coefficient (Wildman–Crippen LogP) is 2.00. The lowest BCUT2D eigenvalue weighted by molar-refractivity contribution is -0.601. The first-order valence-electron chi connectivity index (χ1n) is 7.14. The van der Waals surface area contributed by atoms with Crippen molar-refractivity contribution in [2.75, 3.05) is 13.2 Å². The zero-order chi connectivity index (χ0) is 17.3. The molecule has 0 N–H and O–H groups in total. The zero-order valence-electron chi connectivity index (χ0n) is 12.7. The molecule has 0 saturated carbocycles. The van der Waals surface area contributed by atoms with E-state index < -0.39 is 15.6 Å². The van der Waals surface area contributed by atoms with Gasteiger partial charge in [-0.3, -0.25) is 20.2 Å². The Morgan fingerprint density at radius 1 is 1.04 bits per heavy atom. The Morgan fingerprint density at radius 2 is 1.67 bits per heavy atom. The molecular weight excluding hydrogens is 318 g/mol. The van der Waals surface area contributed by atoms with Gasteiger partial charge in [-0.05, 0) is 6.92 Å². The number of aromatic nitrogens is 1. The molecule has 9 heteroatoms. The molecule has 3 rings (SSSR count). The Kier molecular flexibility index (Phi) is 3.96. The van der Waals surface area contributed by atoms with Gasteiger partial charge in [-0.25, -0.2) is 0 Å². The van der Waals surface area contributed by atoms with E-state index in [9.17, 15) is 20.2 Å². The maximum absolute atomic E-state index is 11.2. The van der Waals surface area contributed by atoms with Gasteiger partial charge in [0.1, 0.15) is 6.07 Å². The van der Waals surface area contributed by atoms with Crippen LogP contribution in [-0.4, -0.2) is 23.1 Å². The summed E-state index contributed by atoms with van der Waals surface area (Å²) in [5, 5.41) is 22.0. The van der Waals surface area contributed by atoms with Crippen molar-refractivity contribution < 1.29 is 23.9 Å². The zero-order valence-corrected chi connectivity index (χ0v) is 12.7. The number of pyridine rings is 1. The minimum absolute atomic E-state index is 0.232. The summed E-state index contributed by atoms with van der Waals surface area (Å²) in [5.41, 5.74) is 0.334. The van der Waals surface area contributed by atoms with E-state index in [1.54, 1.807) is 31.5 Å². The van der Waals surface area contributed by atoms with Crippen LogP contribution < -0.4 is 4.57 Å². The molecule has 2 aromatic rings. The molecule has 1 aliphatic rings. The molecule has 2 heterocycles. The van der Waals surface area contributed by atoms with E-state index in [2.05, 4.69) is 0 Å². The minimum Gasteiger partial charge on any atom is -0.344 e. The maximum atomic E-state index is 11.2. The van der Waals surface area contributed by atoms with Crippen molar-refractivity contribution in [2.45, 2.75) is 12.7 Å². The Bertz CT molecular complexity index is 799. The van der Waals surface area contributed by atoms with E-state index in [1.807, 2.05) is 0 Å². The molecule has 0 atom stereocenters. The smallest absolute Gasteiger partial charge is 0.344 e.